The summed E-state index contributed by atoms with van der Waals surface area (Å²) in [5.74, 6) is -3.46. The number of fused-ring (bicyclic) bond motifs is 3. The van der Waals surface area contributed by atoms with Gasteiger partial charge in [-0.25, -0.2) is 8.78 Å². The SMILES string of the molecule is Cn1ncc2c3c(c(NC(=O)c4cc(F)cc(C(F)(F)F)c4)cc21)C(c1cc(F)ccc1Cl)NC3=O. The number of nitrogens with zero attached hydrogens (tertiary/aromatic N) is 2. The van der Waals surface area contributed by atoms with Crippen LogP contribution in [0.1, 0.15) is 43.4 Å². The summed E-state index contributed by atoms with van der Waals surface area (Å²) in [6.07, 6.45) is -3.43. The smallest absolute Gasteiger partial charge is 0.341 e. The summed E-state index contributed by atoms with van der Waals surface area (Å²) in [4.78, 5) is 26.0. The molecule has 1 atom stereocenters. The number of anilines is 1. The van der Waals surface area contributed by atoms with Crippen LogP contribution in [0, 0.1) is 11.6 Å². The van der Waals surface area contributed by atoms with Crippen LogP contribution in [0.15, 0.2) is 48.7 Å². The van der Waals surface area contributed by atoms with Gasteiger partial charge in [0.2, 0.25) is 0 Å². The molecule has 2 heterocycles. The van der Waals surface area contributed by atoms with Crippen molar-refractivity contribution < 1.29 is 31.5 Å². The predicted octanol–water partition coefficient (Wildman–Crippen LogP) is 5.61. The van der Waals surface area contributed by atoms with Gasteiger partial charge in [0.05, 0.1) is 28.9 Å². The van der Waals surface area contributed by atoms with E-state index < -0.39 is 46.8 Å². The molecule has 1 unspecified atom stereocenters. The van der Waals surface area contributed by atoms with Gasteiger partial charge in [-0.15, -0.1) is 0 Å². The minimum absolute atomic E-state index is 0.0348. The first kappa shape index (κ1) is 23.7. The van der Waals surface area contributed by atoms with Crippen LogP contribution in [0.4, 0.5) is 27.6 Å². The van der Waals surface area contributed by atoms with Gasteiger partial charge in [-0.05, 0) is 42.5 Å². The predicted molar refractivity (Wildman–Crippen MR) is 121 cm³/mol. The Balaban J connectivity index is 1.68. The van der Waals surface area contributed by atoms with Crippen LogP contribution in [0.25, 0.3) is 10.9 Å². The van der Waals surface area contributed by atoms with E-state index in [9.17, 15) is 31.5 Å². The van der Waals surface area contributed by atoms with Crippen LogP contribution in [0.3, 0.4) is 0 Å². The number of hydrogen-bond acceptors (Lipinski definition) is 3. The molecule has 0 saturated heterocycles. The average Bonchev–Trinajstić information content (AvgIpc) is 3.34. The maximum atomic E-state index is 14.1. The van der Waals surface area contributed by atoms with Gasteiger partial charge in [0.1, 0.15) is 11.6 Å². The molecule has 0 bridgehead atoms. The minimum atomic E-state index is -4.87. The first-order valence-corrected chi connectivity index (χ1v) is 10.8. The van der Waals surface area contributed by atoms with E-state index in [1.165, 1.54) is 23.0 Å². The number of amides is 2. The molecule has 5 rings (SSSR count). The number of hydrogen-bond donors (Lipinski definition) is 2. The van der Waals surface area contributed by atoms with Crippen LogP contribution in [0.5, 0.6) is 0 Å². The Bertz CT molecular complexity index is 1580. The molecule has 0 spiro atoms. The van der Waals surface area contributed by atoms with Gasteiger partial charge < -0.3 is 10.6 Å². The summed E-state index contributed by atoms with van der Waals surface area (Å²) in [5.41, 5.74) is -0.897. The van der Waals surface area contributed by atoms with Gasteiger partial charge in [-0.1, -0.05) is 11.6 Å². The lowest BCUT2D eigenvalue weighted by atomic mass is 9.94. The zero-order valence-corrected chi connectivity index (χ0v) is 18.9. The number of alkyl halides is 3. The Labute approximate surface area is 204 Å². The third-order valence-corrected chi connectivity index (χ3v) is 6.23. The van der Waals surface area contributed by atoms with E-state index in [-0.39, 0.29) is 33.5 Å². The summed E-state index contributed by atoms with van der Waals surface area (Å²) in [6.45, 7) is 0. The fourth-order valence-electron chi connectivity index (χ4n) is 4.28. The Kier molecular flexibility index (Phi) is 5.47. The maximum absolute atomic E-state index is 14.1. The number of carbonyl (C=O) groups excluding carboxylic acids is 2. The molecule has 36 heavy (non-hydrogen) atoms. The second kappa shape index (κ2) is 8.30. The molecule has 1 aliphatic rings. The molecule has 6 nitrogen and oxygen atoms in total. The molecule has 4 aromatic rings. The van der Waals surface area contributed by atoms with Crippen LogP contribution >= 0.6 is 11.6 Å². The second-order valence-corrected chi connectivity index (χ2v) is 8.57. The Morgan fingerprint density at radius 3 is 2.58 bits per heavy atom. The summed E-state index contributed by atoms with van der Waals surface area (Å²) in [5, 5.41) is 9.89. The monoisotopic (exact) mass is 520 g/mol. The number of carbonyl (C=O) groups is 2. The zero-order chi connectivity index (χ0) is 25.9. The normalized spacial score (nSPS) is 15.2. The van der Waals surface area contributed by atoms with Crippen LogP contribution in [-0.4, -0.2) is 21.6 Å². The highest BCUT2D eigenvalue weighted by Gasteiger charge is 2.37. The van der Waals surface area contributed by atoms with Gasteiger partial charge in [0, 0.05) is 39.8 Å². The highest BCUT2D eigenvalue weighted by Crippen LogP contribution is 2.43. The maximum Gasteiger partial charge on any atom is 0.416 e. The van der Waals surface area contributed by atoms with Crippen molar-refractivity contribution >= 4 is 40.0 Å². The molecular formula is C24H14ClF5N4O2. The summed E-state index contributed by atoms with van der Waals surface area (Å²) < 4.78 is 68.9. The van der Waals surface area contributed by atoms with Crippen molar-refractivity contribution in [2.45, 2.75) is 12.2 Å². The van der Waals surface area contributed by atoms with Crippen molar-refractivity contribution in [3.8, 4) is 0 Å². The standard InChI is InChI=1S/C24H14ClF5N4O2/c1-34-18-8-17(32-22(35)10-4-11(24(28,29)30)6-13(27)5-10)20-19(15(18)9-31-34)23(36)33-21(20)14-7-12(26)2-3-16(14)25/h2-9,21H,1H3,(H,32,35)(H,33,36). The molecule has 1 aliphatic heterocycles. The van der Waals surface area contributed by atoms with E-state index in [1.54, 1.807) is 7.05 Å². The van der Waals surface area contributed by atoms with E-state index in [2.05, 4.69) is 15.7 Å². The van der Waals surface area contributed by atoms with Gasteiger partial charge >= 0.3 is 6.18 Å². The molecule has 0 aliphatic carbocycles. The highest BCUT2D eigenvalue weighted by atomic mass is 35.5. The Morgan fingerprint density at radius 1 is 1.11 bits per heavy atom. The lowest BCUT2D eigenvalue weighted by Crippen LogP contribution is -2.21. The molecular weight excluding hydrogens is 507 g/mol. The molecule has 2 amide bonds. The molecule has 12 heteroatoms. The van der Waals surface area contributed by atoms with Crippen LogP contribution < -0.4 is 10.6 Å². The van der Waals surface area contributed by atoms with E-state index >= 15 is 0 Å². The second-order valence-electron chi connectivity index (χ2n) is 8.17. The van der Waals surface area contributed by atoms with Gasteiger partial charge in [0.15, 0.2) is 0 Å². The Hall–Kier alpha value is -3.99. The molecule has 0 saturated carbocycles. The molecule has 3 aromatic carbocycles. The number of nitrogens with one attached hydrogen (secondary N) is 2. The van der Waals surface area contributed by atoms with Crippen LogP contribution in [-0.2, 0) is 13.2 Å². The molecule has 0 radical (unpaired) electrons. The lowest BCUT2D eigenvalue weighted by molar-refractivity contribution is -0.137. The van der Waals surface area contributed by atoms with E-state index in [1.807, 2.05) is 0 Å². The highest BCUT2D eigenvalue weighted by molar-refractivity contribution is 6.31. The third kappa shape index (κ3) is 3.95. The lowest BCUT2D eigenvalue weighted by Gasteiger charge is -2.18. The fraction of sp³-hybridized carbons (Fsp3) is 0.125. The molecule has 2 N–H and O–H groups in total. The first-order valence-electron chi connectivity index (χ1n) is 10.4. The summed E-state index contributed by atoms with van der Waals surface area (Å²) >= 11 is 6.27. The summed E-state index contributed by atoms with van der Waals surface area (Å²) in [6, 6.07) is 5.52. The van der Waals surface area contributed by atoms with E-state index in [0.29, 0.717) is 23.0 Å². The van der Waals surface area contributed by atoms with Gasteiger partial charge in [-0.3, -0.25) is 14.3 Å². The fourth-order valence-corrected chi connectivity index (χ4v) is 4.50. The van der Waals surface area contributed by atoms with Crippen molar-refractivity contribution in [2.24, 2.45) is 7.05 Å². The molecule has 1 aromatic heterocycles. The van der Waals surface area contributed by atoms with E-state index in [4.69, 9.17) is 11.6 Å². The topological polar surface area (TPSA) is 76.0 Å². The average molecular weight is 521 g/mol. The molecule has 184 valence electrons. The number of rotatable bonds is 3. The Morgan fingerprint density at radius 2 is 1.86 bits per heavy atom. The first-order chi connectivity index (χ1) is 16.9. The van der Waals surface area contributed by atoms with E-state index in [0.717, 1.165) is 12.1 Å². The van der Waals surface area contributed by atoms with Crippen LogP contribution in [0.2, 0.25) is 5.02 Å². The minimum Gasteiger partial charge on any atom is -0.341 e. The van der Waals surface area contributed by atoms with Crippen molar-refractivity contribution in [1.82, 2.24) is 15.1 Å². The molecule has 0 fully saturated rings. The van der Waals surface area contributed by atoms with Crippen molar-refractivity contribution in [1.29, 1.82) is 0 Å². The van der Waals surface area contributed by atoms with Gasteiger partial charge in [-0.2, -0.15) is 18.3 Å². The number of halogens is 6. The van der Waals surface area contributed by atoms with Crippen molar-refractivity contribution in [3.63, 3.8) is 0 Å². The largest absolute Gasteiger partial charge is 0.416 e. The van der Waals surface area contributed by atoms with Crippen molar-refractivity contribution in [2.75, 3.05) is 5.32 Å². The number of benzene rings is 3. The quantitative estimate of drug-likeness (QED) is 0.345. The number of aromatic nitrogens is 2. The third-order valence-electron chi connectivity index (χ3n) is 5.89. The number of aryl methyl sites for hydroxylation is 1. The van der Waals surface area contributed by atoms with Gasteiger partial charge in [0.25, 0.3) is 11.8 Å². The summed E-state index contributed by atoms with van der Waals surface area (Å²) in [7, 11) is 1.59. The zero-order valence-electron chi connectivity index (χ0n) is 18.2. The van der Waals surface area contributed by atoms with Crippen molar-refractivity contribution in [3.05, 3.63) is 93.1 Å².